The second-order valence-electron chi connectivity index (χ2n) is 6.75. The number of pyridine rings is 2. The highest BCUT2D eigenvalue weighted by atomic mass is 19.4. The number of fused-ring (bicyclic) bond motifs is 1. The molecule has 4 heterocycles. The molecule has 2 aliphatic rings. The average Bonchev–Trinajstić information content (AvgIpc) is 3.28. The molecule has 4 rings (SSSR count). The van der Waals surface area contributed by atoms with Crippen LogP contribution in [0.4, 0.5) is 24.7 Å². The lowest BCUT2D eigenvalue weighted by molar-refractivity contribution is -0.192. The van der Waals surface area contributed by atoms with Crippen LogP contribution in [-0.2, 0) is 9.59 Å². The molecule has 156 valence electrons. The number of carboxylic acid groups (broad SMARTS) is 1. The Hall–Kier alpha value is -3.68. The van der Waals surface area contributed by atoms with E-state index in [1.165, 1.54) is 0 Å². The van der Waals surface area contributed by atoms with Crippen molar-refractivity contribution in [2.75, 3.05) is 29.4 Å². The van der Waals surface area contributed by atoms with Gasteiger partial charge in [0.15, 0.2) is 0 Å². The first-order chi connectivity index (χ1) is 14.2. The molecule has 0 unspecified atom stereocenters. The zero-order chi connectivity index (χ0) is 21.9. The third-order valence-electron chi connectivity index (χ3n) is 4.84. The summed E-state index contributed by atoms with van der Waals surface area (Å²) in [5.41, 5.74) is 1.42. The van der Waals surface area contributed by atoms with Crippen molar-refractivity contribution in [3.05, 3.63) is 48.4 Å². The van der Waals surface area contributed by atoms with Crippen molar-refractivity contribution < 1.29 is 27.9 Å². The predicted molar refractivity (Wildman–Crippen MR) is 98.4 cm³/mol. The molecule has 2 fully saturated rings. The van der Waals surface area contributed by atoms with Gasteiger partial charge in [0, 0.05) is 37.9 Å². The number of alkyl halides is 3. The van der Waals surface area contributed by atoms with Crippen LogP contribution in [0.3, 0.4) is 0 Å². The molecule has 1 amide bonds. The Morgan fingerprint density at radius 1 is 1.20 bits per heavy atom. The molecule has 0 aromatic carbocycles. The molecular formula is C19H16F3N5O3. The first-order valence-corrected chi connectivity index (χ1v) is 8.83. The molecular weight excluding hydrogens is 403 g/mol. The summed E-state index contributed by atoms with van der Waals surface area (Å²) in [4.78, 5) is 34.0. The van der Waals surface area contributed by atoms with Crippen LogP contribution in [0, 0.1) is 23.2 Å². The van der Waals surface area contributed by atoms with Gasteiger partial charge < -0.3 is 14.9 Å². The first kappa shape index (κ1) is 21.0. The van der Waals surface area contributed by atoms with E-state index in [9.17, 15) is 18.0 Å². The summed E-state index contributed by atoms with van der Waals surface area (Å²) in [6.07, 6.45) is -0.0603. The Morgan fingerprint density at radius 3 is 2.43 bits per heavy atom. The molecule has 0 bridgehead atoms. The topological polar surface area (TPSA) is 110 Å². The predicted octanol–water partition coefficient (Wildman–Crippen LogP) is 2.08. The van der Waals surface area contributed by atoms with Gasteiger partial charge in [-0.15, -0.1) is 0 Å². The van der Waals surface area contributed by atoms with Crippen molar-refractivity contribution in [3.63, 3.8) is 0 Å². The third kappa shape index (κ3) is 4.48. The fourth-order valence-corrected chi connectivity index (χ4v) is 3.43. The van der Waals surface area contributed by atoms with Gasteiger partial charge in [-0.25, -0.2) is 9.78 Å². The van der Waals surface area contributed by atoms with E-state index in [0.29, 0.717) is 18.0 Å². The van der Waals surface area contributed by atoms with E-state index in [1.54, 1.807) is 24.7 Å². The highest BCUT2D eigenvalue weighted by molar-refractivity contribution is 5.98. The van der Waals surface area contributed by atoms with E-state index in [0.717, 1.165) is 24.6 Å². The number of aromatic nitrogens is 2. The number of carbonyl (C=O) groups excluding carboxylic acids is 1. The maximum Gasteiger partial charge on any atom is 0.490 e. The molecule has 2 aromatic heterocycles. The molecule has 30 heavy (non-hydrogen) atoms. The summed E-state index contributed by atoms with van der Waals surface area (Å²) in [6, 6.07) is 9.46. The SMILES string of the molecule is N#Cc1ccc(N2C[C@H]3CN(c4cccnc4)C(=O)[C@H]3C2)nc1.O=C(O)C(F)(F)F. The molecule has 2 saturated heterocycles. The van der Waals surface area contributed by atoms with E-state index in [-0.39, 0.29) is 11.8 Å². The monoisotopic (exact) mass is 419 g/mol. The van der Waals surface area contributed by atoms with Crippen LogP contribution in [0.5, 0.6) is 0 Å². The maximum absolute atomic E-state index is 12.7. The van der Waals surface area contributed by atoms with Gasteiger partial charge in [0.25, 0.3) is 0 Å². The van der Waals surface area contributed by atoms with Gasteiger partial charge in [-0.3, -0.25) is 9.78 Å². The molecule has 2 atom stereocenters. The van der Waals surface area contributed by atoms with E-state index < -0.39 is 12.1 Å². The van der Waals surface area contributed by atoms with Crippen molar-refractivity contribution in [2.24, 2.45) is 11.8 Å². The lowest BCUT2D eigenvalue weighted by Gasteiger charge is -2.22. The number of nitrogens with zero attached hydrogens (tertiary/aromatic N) is 5. The Balaban J connectivity index is 0.000000318. The number of hydrogen-bond acceptors (Lipinski definition) is 6. The Kier molecular flexibility index (Phi) is 5.86. The number of amides is 1. The number of carboxylic acids is 1. The number of aliphatic carboxylic acids is 1. The van der Waals surface area contributed by atoms with Crippen LogP contribution in [0.15, 0.2) is 42.9 Å². The Morgan fingerprint density at radius 2 is 1.93 bits per heavy atom. The fraction of sp³-hybridized carbons (Fsp3) is 0.316. The zero-order valence-electron chi connectivity index (χ0n) is 15.5. The minimum atomic E-state index is -5.08. The van der Waals surface area contributed by atoms with E-state index in [4.69, 9.17) is 15.2 Å². The average molecular weight is 419 g/mol. The lowest BCUT2D eigenvalue weighted by atomic mass is 10.0. The largest absolute Gasteiger partial charge is 0.490 e. The second-order valence-corrected chi connectivity index (χ2v) is 6.75. The molecule has 11 heteroatoms. The van der Waals surface area contributed by atoms with Crippen molar-refractivity contribution in [2.45, 2.75) is 6.18 Å². The summed E-state index contributed by atoms with van der Waals surface area (Å²) in [5.74, 6) is -1.45. The summed E-state index contributed by atoms with van der Waals surface area (Å²) in [7, 11) is 0. The van der Waals surface area contributed by atoms with Gasteiger partial charge >= 0.3 is 12.1 Å². The van der Waals surface area contributed by atoms with Crippen molar-refractivity contribution in [1.82, 2.24) is 9.97 Å². The highest BCUT2D eigenvalue weighted by Crippen LogP contribution is 2.36. The van der Waals surface area contributed by atoms with Crippen LogP contribution < -0.4 is 9.80 Å². The highest BCUT2D eigenvalue weighted by Gasteiger charge is 2.47. The summed E-state index contributed by atoms with van der Waals surface area (Å²) in [6.45, 7) is 2.22. The van der Waals surface area contributed by atoms with Crippen LogP contribution in [0.2, 0.25) is 0 Å². The van der Waals surface area contributed by atoms with Crippen molar-refractivity contribution in [1.29, 1.82) is 5.26 Å². The number of nitriles is 1. The van der Waals surface area contributed by atoms with Crippen LogP contribution in [0.25, 0.3) is 0 Å². The number of hydrogen-bond donors (Lipinski definition) is 1. The van der Waals surface area contributed by atoms with E-state index in [1.807, 2.05) is 23.1 Å². The molecule has 8 nitrogen and oxygen atoms in total. The number of anilines is 2. The van der Waals surface area contributed by atoms with Crippen molar-refractivity contribution >= 4 is 23.4 Å². The normalized spacial score (nSPS) is 20.3. The molecule has 2 aliphatic heterocycles. The lowest BCUT2D eigenvalue weighted by Crippen LogP contribution is -2.33. The fourth-order valence-electron chi connectivity index (χ4n) is 3.43. The molecule has 0 aliphatic carbocycles. The van der Waals surface area contributed by atoms with E-state index in [2.05, 4.69) is 20.9 Å². The smallest absolute Gasteiger partial charge is 0.475 e. The van der Waals surface area contributed by atoms with Crippen molar-refractivity contribution in [3.8, 4) is 6.07 Å². The standard InChI is InChI=1S/C17H15N5O.C2HF3O2/c18-6-12-3-4-16(20-7-12)21-9-13-10-22(17(23)15(13)11-21)14-2-1-5-19-8-14;3-2(4,5)1(6)7/h1-5,7-8,13,15H,9-11H2;(H,6,7)/t13-,15-;/m0./s1. The molecule has 0 radical (unpaired) electrons. The van der Waals surface area contributed by atoms with Gasteiger partial charge in [0.2, 0.25) is 5.91 Å². The molecule has 0 spiro atoms. The number of carbonyl (C=O) groups is 2. The number of rotatable bonds is 2. The van der Waals surface area contributed by atoms with Crippen LogP contribution in [-0.4, -0.2) is 52.8 Å². The quantitative estimate of drug-likeness (QED) is 0.794. The summed E-state index contributed by atoms with van der Waals surface area (Å²) >= 11 is 0. The molecule has 2 aromatic rings. The van der Waals surface area contributed by atoms with Gasteiger partial charge in [-0.2, -0.15) is 18.4 Å². The minimum absolute atomic E-state index is 0.00708. The van der Waals surface area contributed by atoms with E-state index >= 15 is 0 Å². The van der Waals surface area contributed by atoms with Gasteiger partial charge in [-0.05, 0) is 24.3 Å². The zero-order valence-corrected chi connectivity index (χ0v) is 15.5. The van der Waals surface area contributed by atoms with Crippen LogP contribution >= 0.6 is 0 Å². The van der Waals surface area contributed by atoms with Gasteiger partial charge in [0.1, 0.15) is 11.9 Å². The Labute approximate surface area is 169 Å². The van der Waals surface area contributed by atoms with Gasteiger partial charge in [0.05, 0.1) is 23.4 Å². The summed E-state index contributed by atoms with van der Waals surface area (Å²) in [5, 5.41) is 16.0. The Bertz CT molecular complexity index is 960. The summed E-state index contributed by atoms with van der Waals surface area (Å²) < 4.78 is 31.7. The number of halogens is 3. The molecule has 1 N–H and O–H groups in total. The molecule has 0 saturated carbocycles. The van der Waals surface area contributed by atoms with Crippen LogP contribution in [0.1, 0.15) is 5.56 Å². The van der Waals surface area contributed by atoms with Gasteiger partial charge in [-0.1, -0.05) is 0 Å². The third-order valence-corrected chi connectivity index (χ3v) is 4.84. The maximum atomic E-state index is 12.7. The second kappa shape index (κ2) is 8.36. The first-order valence-electron chi connectivity index (χ1n) is 8.83. The minimum Gasteiger partial charge on any atom is -0.475 e.